The Kier molecular flexibility index (Phi) is 5.33. The molecule has 2 aliphatic heterocycles. The predicted molar refractivity (Wildman–Crippen MR) is 91.9 cm³/mol. The van der Waals surface area contributed by atoms with Crippen molar-refractivity contribution in [2.24, 2.45) is 5.41 Å². The average Bonchev–Trinajstić information content (AvgIpc) is 2.57. The fourth-order valence-corrected chi connectivity index (χ4v) is 4.46. The lowest BCUT2D eigenvalue weighted by Crippen LogP contribution is -2.60. The molecule has 1 aromatic carbocycles. The Morgan fingerprint density at radius 3 is 2.57 bits per heavy atom. The number of aromatic hydroxyl groups is 1. The lowest BCUT2D eigenvalue weighted by molar-refractivity contribution is -0.170. The first-order valence-corrected chi connectivity index (χ1v) is 9.24. The third-order valence-corrected chi connectivity index (χ3v) is 5.56. The molecule has 1 atom stereocenters. The van der Waals surface area contributed by atoms with Crippen LogP contribution in [0.15, 0.2) is 18.2 Å². The Hall–Kier alpha value is -1.90. The molecule has 1 N–H and O–H groups in total. The monoisotopic (exact) mass is 406 g/mol. The number of carbonyl (C=O) groups excluding carboxylic acids is 1. The average molecular weight is 406 g/mol. The summed E-state index contributed by atoms with van der Waals surface area (Å²) in [4.78, 5) is 15.8. The van der Waals surface area contributed by atoms with Gasteiger partial charge in [0.1, 0.15) is 5.75 Å². The van der Waals surface area contributed by atoms with Crippen LogP contribution in [0.4, 0.5) is 22.0 Å². The minimum absolute atomic E-state index is 0.0835. The molecule has 0 saturated carbocycles. The van der Waals surface area contributed by atoms with E-state index in [0.29, 0.717) is 25.9 Å². The number of likely N-dealkylation sites (tertiary alicyclic amines) is 2. The molecule has 1 aromatic rings. The van der Waals surface area contributed by atoms with Crippen LogP contribution < -0.4 is 0 Å². The number of nitrogens with zero attached hydrogens (tertiary/aromatic N) is 2. The van der Waals surface area contributed by atoms with Gasteiger partial charge in [-0.2, -0.15) is 13.2 Å². The minimum Gasteiger partial charge on any atom is -0.507 e. The van der Waals surface area contributed by atoms with E-state index < -0.39 is 41.8 Å². The van der Waals surface area contributed by atoms with Crippen LogP contribution in [0.5, 0.6) is 5.75 Å². The number of phenols is 1. The van der Waals surface area contributed by atoms with E-state index in [1.54, 1.807) is 11.8 Å². The van der Waals surface area contributed by atoms with Gasteiger partial charge in [-0.3, -0.25) is 9.69 Å². The molecular formula is C19H23F5N2O2. The van der Waals surface area contributed by atoms with Crippen LogP contribution >= 0.6 is 0 Å². The lowest BCUT2D eigenvalue weighted by atomic mass is 9.71. The number of piperidine rings is 2. The SMILES string of the molecule is CCN1CCC[C@]2(CN(Cc3ccc(O)c(C(F)(F)F)c3)CC(F)(F)C2)C1=O. The second kappa shape index (κ2) is 7.17. The molecule has 2 heterocycles. The first kappa shape index (κ1) is 20.8. The Morgan fingerprint density at radius 1 is 1.21 bits per heavy atom. The quantitative estimate of drug-likeness (QED) is 0.775. The number of halogens is 5. The summed E-state index contributed by atoms with van der Waals surface area (Å²) in [5.41, 5.74) is -2.25. The van der Waals surface area contributed by atoms with Gasteiger partial charge < -0.3 is 10.0 Å². The molecule has 0 radical (unpaired) electrons. The molecular weight excluding hydrogens is 383 g/mol. The van der Waals surface area contributed by atoms with E-state index in [-0.39, 0.29) is 24.6 Å². The van der Waals surface area contributed by atoms with E-state index in [4.69, 9.17) is 0 Å². The van der Waals surface area contributed by atoms with Crippen molar-refractivity contribution in [3.8, 4) is 5.75 Å². The molecule has 2 fully saturated rings. The Morgan fingerprint density at radius 2 is 1.93 bits per heavy atom. The smallest absolute Gasteiger partial charge is 0.419 e. The first-order valence-electron chi connectivity index (χ1n) is 9.24. The number of phenolic OH excluding ortho intramolecular Hbond substituents is 1. The normalized spacial score (nSPS) is 26.1. The van der Waals surface area contributed by atoms with Gasteiger partial charge in [-0.25, -0.2) is 8.78 Å². The maximum Gasteiger partial charge on any atom is 0.419 e. The Bertz CT molecular complexity index is 752. The molecule has 1 spiro atoms. The van der Waals surface area contributed by atoms with Gasteiger partial charge in [0.25, 0.3) is 5.92 Å². The van der Waals surface area contributed by atoms with Gasteiger partial charge in [-0.05, 0) is 37.5 Å². The predicted octanol–water partition coefficient (Wildman–Crippen LogP) is 3.88. The molecule has 2 saturated heterocycles. The highest BCUT2D eigenvalue weighted by atomic mass is 19.4. The lowest BCUT2D eigenvalue weighted by Gasteiger charge is -2.49. The van der Waals surface area contributed by atoms with Crippen LogP contribution in [0, 0.1) is 5.41 Å². The molecule has 0 aliphatic carbocycles. The van der Waals surface area contributed by atoms with Gasteiger partial charge in [-0.15, -0.1) is 0 Å². The zero-order valence-corrected chi connectivity index (χ0v) is 15.5. The van der Waals surface area contributed by atoms with Crippen LogP contribution in [0.2, 0.25) is 0 Å². The number of amides is 1. The summed E-state index contributed by atoms with van der Waals surface area (Å²) in [7, 11) is 0. The fraction of sp³-hybridized carbons (Fsp3) is 0.632. The topological polar surface area (TPSA) is 43.8 Å². The summed E-state index contributed by atoms with van der Waals surface area (Å²) in [5.74, 6) is -4.31. The van der Waals surface area contributed by atoms with Gasteiger partial charge in [0.2, 0.25) is 5.91 Å². The number of hydrogen-bond acceptors (Lipinski definition) is 3. The summed E-state index contributed by atoms with van der Waals surface area (Å²) >= 11 is 0. The van der Waals surface area contributed by atoms with Crippen molar-refractivity contribution >= 4 is 5.91 Å². The Balaban J connectivity index is 1.86. The summed E-state index contributed by atoms with van der Waals surface area (Å²) in [6.45, 7) is 2.09. The zero-order valence-electron chi connectivity index (χ0n) is 15.5. The zero-order chi connectivity index (χ0) is 20.7. The highest BCUT2D eigenvalue weighted by molar-refractivity contribution is 5.84. The number of hydrogen-bond donors (Lipinski definition) is 1. The van der Waals surface area contributed by atoms with Crippen molar-refractivity contribution in [3.05, 3.63) is 29.3 Å². The summed E-state index contributed by atoms with van der Waals surface area (Å²) in [5, 5.41) is 9.45. The van der Waals surface area contributed by atoms with Crippen LogP contribution in [0.25, 0.3) is 0 Å². The molecule has 2 aliphatic rings. The number of rotatable bonds is 3. The van der Waals surface area contributed by atoms with Crippen molar-refractivity contribution in [1.29, 1.82) is 0 Å². The molecule has 1 amide bonds. The van der Waals surface area contributed by atoms with Gasteiger partial charge in [-0.1, -0.05) is 6.07 Å². The Labute approximate surface area is 159 Å². The van der Waals surface area contributed by atoms with Crippen LogP contribution in [-0.4, -0.2) is 52.9 Å². The number of benzene rings is 1. The van der Waals surface area contributed by atoms with Gasteiger partial charge in [0.05, 0.1) is 17.5 Å². The van der Waals surface area contributed by atoms with Crippen LogP contribution in [0.3, 0.4) is 0 Å². The van der Waals surface area contributed by atoms with E-state index in [0.717, 1.165) is 12.1 Å². The highest BCUT2D eigenvalue weighted by Crippen LogP contribution is 2.45. The van der Waals surface area contributed by atoms with E-state index in [1.165, 1.54) is 11.0 Å². The maximum absolute atomic E-state index is 14.5. The summed E-state index contributed by atoms with van der Waals surface area (Å²) in [6, 6.07) is 2.97. The van der Waals surface area contributed by atoms with E-state index in [1.807, 2.05) is 0 Å². The second-order valence-corrected chi connectivity index (χ2v) is 7.80. The summed E-state index contributed by atoms with van der Waals surface area (Å²) < 4.78 is 68.0. The minimum atomic E-state index is -4.74. The van der Waals surface area contributed by atoms with Crippen LogP contribution in [0.1, 0.15) is 37.3 Å². The van der Waals surface area contributed by atoms with Crippen molar-refractivity contribution in [1.82, 2.24) is 9.80 Å². The van der Waals surface area contributed by atoms with E-state index in [2.05, 4.69) is 0 Å². The maximum atomic E-state index is 14.5. The molecule has 3 rings (SSSR count). The molecule has 9 heteroatoms. The van der Waals surface area contributed by atoms with Crippen LogP contribution in [-0.2, 0) is 17.5 Å². The first-order chi connectivity index (χ1) is 13.0. The van der Waals surface area contributed by atoms with Gasteiger partial charge >= 0.3 is 6.18 Å². The number of carbonyl (C=O) groups is 1. The number of alkyl halides is 5. The van der Waals surface area contributed by atoms with Crippen molar-refractivity contribution in [3.63, 3.8) is 0 Å². The van der Waals surface area contributed by atoms with Crippen molar-refractivity contribution in [2.75, 3.05) is 26.2 Å². The van der Waals surface area contributed by atoms with Crippen molar-refractivity contribution < 1.29 is 31.9 Å². The highest BCUT2D eigenvalue weighted by Gasteiger charge is 2.54. The molecule has 28 heavy (non-hydrogen) atoms. The molecule has 156 valence electrons. The van der Waals surface area contributed by atoms with E-state index >= 15 is 0 Å². The fourth-order valence-electron chi connectivity index (χ4n) is 4.46. The molecule has 0 unspecified atom stereocenters. The molecule has 0 aromatic heterocycles. The summed E-state index contributed by atoms with van der Waals surface area (Å²) in [6.07, 6.45) is -4.30. The molecule has 4 nitrogen and oxygen atoms in total. The standard InChI is InChI=1S/C19H23F5N2O2/c1-2-26-7-3-6-17(16(26)28)10-18(20,21)12-25(11-17)9-13-4-5-15(27)14(8-13)19(22,23)24/h4-5,8,27H,2-3,6-7,9-12H2,1H3/t17-/m0/s1. The van der Waals surface area contributed by atoms with E-state index in [9.17, 15) is 31.9 Å². The largest absolute Gasteiger partial charge is 0.507 e. The van der Waals surface area contributed by atoms with Gasteiger partial charge in [0, 0.05) is 32.6 Å². The third kappa shape index (κ3) is 4.09. The van der Waals surface area contributed by atoms with Gasteiger partial charge in [0.15, 0.2) is 0 Å². The molecule has 0 bridgehead atoms. The second-order valence-electron chi connectivity index (χ2n) is 7.80. The third-order valence-electron chi connectivity index (χ3n) is 5.56. The van der Waals surface area contributed by atoms with Crippen molar-refractivity contribution in [2.45, 2.75) is 44.8 Å².